The molecule has 1 heterocycles. The van der Waals surface area contributed by atoms with Crippen LogP contribution in [0.25, 0.3) is 11.5 Å². The van der Waals surface area contributed by atoms with Gasteiger partial charge in [0, 0.05) is 3.57 Å². The average molecular weight is 375 g/mol. The van der Waals surface area contributed by atoms with E-state index in [1.165, 1.54) is 18.2 Å². The van der Waals surface area contributed by atoms with Crippen molar-refractivity contribution in [1.29, 1.82) is 0 Å². The molecule has 2 aromatic rings. The first kappa shape index (κ1) is 14.0. The molecule has 0 saturated heterocycles. The summed E-state index contributed by atoms with van der Waals surface area (Å²) in [6, 6.07) is 4.16. The minimum Gasteiger partial charge on any atom is -0.475 e. The molecular formula is C13H11FINO3. The van der Waals surface area contributed by atoms with Crippen LogP contribution in [0.2, 0.25) is 0 Å². The van der Waals surface area contributed by atoms with E-state index < -0.39 is 5.97 Å². The van der Waals surface area contributed by atoms with Gasteiger partial charge in [0.2, 0.25) is 11.7 Å². The lowest BCUT2D eigenvalue weighted by molar-refractivity contribution is 0.0661. The molecule has 0 atom stereocenters. The van der Waals surface area contributed by atoms with Crippen molar-refractivity contribution in [1.82, 2.24) is 4.98 Å². The second-order valence-corrected chi connectivity index (χ2v) is 5.48. The van der Waals surface area contributed by atoms with Gasteiger partial charge in [0.1, 0.15) is 5.82 Å². The number of aromatic carboxylic acids is 1. The van der Waals surface area contributed by atoms with E-state index in [0.717, 1.165) is 0 Å². The fourth-order valence-electron chi connectivity index (χ4n) is 1.65. The van der Waals surface area contributed by atoms with E-state index in [2.05, 4.69) is 4.98 Å². The van der Waals surface area contributed by atoms with Gasteiger partial charge >= 0.3 is 5.97 Å². The number of carboxylic acid groups (broad SMARTS) is 1. The van der Waals surface area contributed by atoms with Gasteiger partial charge in [-0.05, 0) is 46.7 Å². The molecule has 0 aliphatic carbocycles. The van der Waals surface area contributed by atoms with Gasteiger partial charge in [-0.15, -0.1) is 0 Å². The Morgan fingerprint density at radius 2 is 2.16 bits per heavy atom. The Morgan fingerprint density at radius 1 is 1.47 bits per heavy atom. The van der Waals surface area contributed by atoms with Gasteiger partial charge in [-0.3, -0.25) is 0 Å². The maximum Gasteiger partial charge on any atom is 0.373 e. The molecule has 0 amide bonds. The van der Waals surface area contributed by atoms with Crippen molar-refractivity contribution in [2.45, 2.75) is 19.8 Å². The summed E-state index contributed by atoms with van der Waals surface area (Å²) in [5, 5.41) is 9.09. The van der Waals surface area contributed by atoms with Gasteiger partial charge in [0.05, 0.1) is 11.3 Å². The molecule has 0 bridgehead atoms. The number of carbonyl (C=O) groups is 1. The van der Waals surface area contributed by atoms with E-state index in [0.29, 0.717) is 14.8 Å². The molecule has 0 radical (unpaired) electrons. The van der Waals surface area contributed by atoms with Crippen LogP contribution in [0, 0.1) is 9.39 Å². The van der Waals surface area contributed by atoms with Crippen LogP contribution in [-0.2, 0) is 0 Å². The number of halogens is 2. The summed E-state index contributed by atoms with van der Waals surface area (Å²) in [7, 11) is 0. The van der Waals surface area contributed by atoms with E-state index >= 15 is 0 Å². The van der Waals surface area contributed by atoms with Gasteiger partial charge in [0.15, 0.2) is 0 Å². The number of hydrogen-bond donors (Lipinski definition) is 1. The number of nitrogens with zero attached hydrogens (tertiary/aromatic N) is 1. The maximum atomic E-state index is 13.1. The van der Waals surface area contributed by atoms with Crippen molar-refractivity contribution in [3.63, 3.8) is 0 Å². The summed E-state index contributed by atoms with van der Waals surface area (Å²) in [4.78, 5) is 15.3. The average Bonchev–Trinajstić information content (AvgIpc) is 2.73. The van der Waals surface area contributed by atoms with Crippen molar-refractivity contribution in [2.75, 3.05) is 0 Å². The highest BCUT2D eigenvalue weighted by atomic mass is 127. The predicted octanol–water partition coefficient (Wildman–Crippen LogP) is 3.91. The highest BCUT2D eigenvalue weighted by molar-refractivity contribution is 14.1. The fraction of sp³-hybridized carbons (Fsp3) is 0.231. The largest absolute Gasteiger partial charge is 0.475 e. The molecule has 0 aliphatic heterocycles. The van der Waals surface area contributed by atoms with Crippen molar-refractivity contribution in [3.05, 3.63) is 39.0 Å². The van der Waals surface area contributed by atoms with E-state index in [4.69, 9.17) is 9.52 Å². The second-order valence-electron chi connectivity index (χ2n) is 4.32. The second kappa shape index (κ2) is 5.28. The Morgan fingerprint density at radius 3 is 2.63 bits per heavy atom. The number of oxazole rings is 1. The molecule has 6 heteroatoms. The quantitative estimate of drug-likeness (QED) is 0.827. The standard InChI is InChI=1S/C13H11FINO3/c1-6(2)10-11(13(17)18)19-12(16-10)8-4-3-7(14)5-9(8)15/h3-6H,1-2H3,(H,17,18). The molecule has 0 aliphatic rings. The van der Waals surface area contributed by atoms with Crippen LogP contribution in [0.3, 0.4) is 0 Å². The normalized spacial score (nSPS) is 11.0. The Bertz CT molecular complexity index is 637. The third-order valence-electron chi connectivity index (χ3n) is 2.56. The molecular weight excluding hydrogens is 364 g/mol. The monoisotopic (exact) mass is 375 g/mol. The zero-order chi connectivity index (χ0) is 14.2. The summed E-state index contributed by atoms with van der Waals surface area (Å²) in [6.45, 7) is 3.67. The summed E-state index contributed by atoms with van der Waals surface area (Å²) < 4.78 is 19.0. The smallest absolute Gasteiger partial charge is 0.373 e. The maximum absolute atomic E-state index is 13.1. The van der Waals surface area contributed by atoms with Gasteiger partial charge in [-0.1, -0.05) is 13.8 Å². The highest BCUT2D eigenvalue weighted by Crippen LogP contribution is 2.29. The van der Waals surface area contributed by atoms with Crippen LogP contribution in [0.15, 0.2) is 22.6 Å². The molecule has 1 N–H and O–H groups in total. The van der Waals surface area contributed by atoms with Gasteiger partial charge < -0.3 is 9.52 Å². The minimum atomic E-state index is -1.15. The van der Waals surface area contributed by atoms with Crippen LogP contribution in [0.4, 0.5) is 4.39 Å². The number of hydrogen-bond acceptors (Lipinski definition) is 3. The molecule has 0 fully saturated rings. The Balaban J connectivity index is 2.57. The highest BCUT2D eigenvalue weighted by Gasteiger charge is 2.23. The van der Waals surface area contributed by atoms with Gasteiger partial charge in [-0.25, -0.2) is 14.2 Å². The van der Waals surface area contributed by atoms with Crippen molar-refractivity contribution < 1.29 is 18.7 Å². The molecule has 0 saturated carbocycles. The SMILES string of the molecule is CC(C)c1nc(-c2ccc(F)cc2I)oc1C(=O)O. The van der Waals surface area contributed by atoms with E-state index in [1.807, 2.05) is 36.4 Å². The molecule has 0 unspecified atom stereocenters. The van der Waals surface area contributed by atoms with Crippen LogP contribution in [0.1, 0.15) is 36.0 Å². The zero-order valence-electron chi connectivity index (χ0n) is 10.3. The summed E-state index contributed by atoms with van der Waals surface area (Å²) in [5.74, 6) is -1.54. The molecule has 0 spiro atoms. The number of carboxylic acids is 1. The lowest BCUT2D eigenvalue weighted by Gasteiger charge is -1.99. The van der Waals surface area contributed by atoms with Crippen LogP contribution in [0.5, 0.6) is 0 Å². The van der Waals surface area contributed by atoms with Crippen molar-refractivity contribution in [3.8, 4) is 11.5 Å². The molecule has 19 heavy (non-hydrogen) atoms. The summed E-state index contributed by atoms with van der Waals surface area (Å²) in [6.07, 6.45) is 0. The summed E-state index contributed by atoms with van der Waals surface area (Å²) >= 11 is 1.96. The van der Waals surface area contributed by atoms with Crippen LogP contribution in [-0.4, -0.2) is 16.1 Å². The number of aromatic nitrogens is 1. The fourth-order valence-corrected chi connectivity index (χ4v) is 2.36. The minimum absolute atomic E-state index is 0.0679. The Hall–Kier alpha value is -1.44. The molecule has 1 aromatic heterocycles. The molecule has 4 nitrogen and oxygen atoms in total. The Kier molecular flexibility index (Phi) is 3.88. The molecule has 2 rings (SSSR count). The first-order valence-corrected chi connectivity index (χ1v) is 6.67. The van der Waals surface area contributed by atoms with E-state index in [1.54, 1.807) is 0 Å². The number of benzene rings is 1. The van der Waals surface area contributed by atoms with Gasteiger partial charge in [-0.2, -0.15) is 0 Å². The topological polar surface area (TPSA) is 63.3 Å². The van der Waals surface area contributed by atoms with E-state index in [-0.39, 0.29) is 23.4 Å². The lowest BCUT2D eigenvalue weighted by atomic mass is 10.1. The molecule has 1 aromatic carbocycles. The van der Waals surface area contributed by atoms with Crippen LogP contribution >= 0.6 is 22.6 Å². The van der Waals surface area contributed by atoms with Gasteiger partial charge in [0.25, 0.3) is 0 Å². The first-order valence-electron chi connectivity index (χ1n) is 5.59. The van der Waals surface area contributed by atoms with Crippen LogP contribution < -0.4 is 0 Å². The number of rotatable bonds is 3. The lowest BCUT2D eigenvalue weighted by Crippen LogP contribution is -2.01. The summed E-state index contributed by atoms with van der Waals surface area (Å²) in [5.41, 5.74) is 0.971. The first-order chi connectivity index (χ1) is 8.90. The Labute approximate surface area is 122 Å². The third-order valence-corrected chi connectivity index (χ3v) is 3.45. The van der Waals surface area contributed by atoms with E-state index in [9.17, 15) is 9.18 Å². The van der Waals surface area contributed by atoms with Crippen molar-refractivity contribution >= 4 is 28.6 Å². The third kappa shape index (κ3) is 2.78. The zero-order valence-corrected chi connectivity index (χ0v) is 12.4. The molecule has 100 valence electrons. The van der Waals surface area contributed by atoms with Crippen molar-refractivity contribution in [2.24, 2.45) is 0 Å². The predicted molar refractivity (Wildman–Crippen MR) is 75.7 cm³/mol.